The average Bonchev–Trinajstić information content (AvgIpc) is 2.16. The second kappa shape index (κ2) is 6.98. The van der Waals surface area contributed by atoms with Gasteiger partial charge in [-0.1, -0.05) is 6.42 Å². The lowest BCUT2D eigenvalue weighted by Crippen LogP contribution is -2.44. The molecule has 0 spiro atoms. The summed E-state index contributed by atoms with van der Waals surface area (Å²) in [6.07, 6.45) is 1.95. The summed E-state index contributed by atoms with van der Waals surface area (Å²) in [5.41, 5.74) is 10.8. The van der Waals surface area contributed by atoms with Crippen molar-refractivity contribution in [1.82, 2.24) is 5.32 Å². The third kappa shape index (κ3) is 6.19. The van der Waals surface area contributed by atoms with Gasteiger partial charge in [-0.15, -0.1) is 0 Å². The van der Waals surface area contributed by atoms with E-state index >= 15 is 0 Å². The number of hydrogen-bond donors (Lipinski definition) is 5. The first-order valence-corrected chi connectivity index (χ1v) is 6.78. The molecular formula is C8H20N3O4P. The van der Waals surface area contributed by atoms with Gasteiger partial charge >= 0.3 is 7.60 Å². The van der Waals surface area contributed by atoms with Crippen LogP contribution in [0.25, 0.3) is 0 Å². The van der Waals surface area contributed by atoms with E-state index < -0.39 is 25.3 Å². The molecule has 0 saturated heterocycles. The highest BCUT2D eigenvalue weighted by molar-refractivity contribution is 7.52. The molecule has 0 aliphatic carbocycles. The zero-order valence-corrected chi connectivity index (χ0v) is 10.2. The second-order valence-corrected chi connectivity index (χ2v) is 5.62. The lowest BCUT2D eigenvalue weighted by molar-refractivity contribution is -0.122. The molecule has 0 fully saturated rings. The molecule has 0 saturated carbocycles. The van der Waals surface area contributed by atoms with Crippen LogP contribution in [0.1, 0.15) is 26.2 Å². The molecule has 0 unspecified atom stereocenters. The normalized spacial score (nSPS) is 15.6. The van der Waals surface area contributed by atoms with Gasteiger partial charge in [0.2, 0.25) is 5.91 Å². The average molecular weight is 253 g/mol. The SMILES string of the molecule is C[C@H](NC(=O)[C@@H](N)CCCCN)P(=O)(O)O. The van der Waals surface area contributed by atoms with Gasteiger partial charge < -0.3 is 26.6 Å². The van der Waals surface area contributed by atoms with Crippen LogP contribution in [0.5, 0.6) is 0 Å². The standard InChI is InChI=1S/C8H20N3O4P/c1-6(16(13,14)15)11-8(12)7(10)4-2-3-5-9/h6-7H,2-5,9-10H2,1H3,(H,11,12)(H2,13,14,15)/t6-,7+/m1/s1. The third-order valence-corrected chi connectivity index (χ3v) is 3.30. The Morgan fingerprint density at radius 3 is 2.44 bits per heavy atom. The Bertz CT molecular complexity index is 268. The molecule has 1 amide bonds. The number of carbonyl (C=O) groups excluding carboxylic acids is 1. The van der Waals surface area contributed by atoms with Gasteiger partial charge in [-0.3, -0.25) is 9.36 Å². The minimum Gasteiger partial charge on any atom is -0.341 e. The van der Waals surface area contributed by atoms with Crippen LogP contribution in [0.3, 0.4) is 0 Å². The molecule has 0 aromatic carbocycles. The number of nitrogens with one attached hydrogen (secondary N) is 1. The van der Waals surface area contributed by atoms with Crippen LogP contribution in [0.15, 0.2) is 0 Å². The monoisotopic (exact) mass is 253 g/mol. The molecule has 0 heterocycles. The van der Waals surface area contributed by atoms with Crippen LogP contribution in [0.2, 0.25) is 0 Å². The maximum Gasteiger partial charge on any atom is 0.347 e. The molecule has 0 aromatic heterocycles. The van der Waals surface area contributed by atoms with Crippen LogP contribution >= 0.6 is 7.60 Å². The lowest BCUT2D eigenvalue weighted by Gasteiger charge is -2.18. The second-order valence-electron chi connectivity index (χ2n) is 3.66. The maximum atomic E-state index is 11.4. The minimum atomic E-state index is -4.29. The number of unbranched alkanes of at least 4 members (excludes halogenated alkanes) is 1. The Labute approximate surface area is 94.7 Å². The summed E-state index contributed by atoms with van der Waals surface area (Å²) in [7, 11) is -4.29. The van der Waals surface area contributed by atoms with Crippen molar-refractivity contribution in [3.05, 3.63) is 0 Å². The molecular weight excluding hydrogens is 233 g/mol. The summed E-state index contributed by atoms with van der Waals surface area (Å²) in [4.78, 5) is 28.9. The number of amides is 1. The fraction of sp³-hybridized carbons (Fsp3) is 0.875. The zero-order valence-electron chi connectivity index (χ0n) is 9.30. The van der Waals surface area contributed by atoms with Gasteiger partial charge in [0.25, 0.3) is 0 Å². The van der Waals surface area contributed by atoms with Crippen LogP contribution in [-0.2, 0) is 9.36 Å². The third-order valence-electron chi connectivity index (χ3n) is 2.16. The largest absolute Gasteiger partial charge is 0.347 e. The van der Waals surface area contributed by atoms with Crippen molar-refractivity contribution >= 4 is 13.5 Å². The predicted molar refractivity (Wildman–Crippen MR) is 60.5 cm³/mol. The van der Waals surface area contributed by atoms with Crippen molar-refractivity contribution in [3.8, 4) is 0 Å². The summed E-state index contributed by atoms with van der Waals surface area (Å²) < 4.78 is 10.8. The zero-order chi connectivity index (χ0) is 12.8. The van der Waals surface area contributed by atoms with E-state index in [0.717, 1.165) is 12.8 Å². The summed E-state index contributed by atoms with van der Waals surface area (Å²) in [5, 5.41) is 2.19. The van der Waals surface area contributed by atoms with Crippen molar-refractivity contribution in [3.63, 3.8) is 0 Å². The number of hydrogen-bond acceptors (Lipinski definition) is 4. The molecule has 2 atom stereocenters. The van der Waals surface area contributed by atoms with E-state index in [9.17, 15) is 9.36 Å². The van der Waals surface area contributed by atoms with E-state index in [-0.39, 0.29) is 0 Å². The summed E-state index contributed by atoms with van der Waals surface area (Å²) >= 11 is 0. The molecule has 0 aliphatic heterocycles. The predicted octanol–water partition coefficient (Wildman–Crippen LogP) is -0.917. The summed E-state index contributed by atoms with van der Waals surface area (Å²) in [6.45, 7) is 1.78. The summed E-state index contributed by atoms with van der Waals surface area (Å²) in [6, 6.07) is -0.749. The first kappa shape index (κ1) is 15.5. The fourth-order valence-corrected chi connectivity index (χ4v) is 1.33. The highest BCUT2D eigenvalue weighted by Crippen LogP contribution is 2.39. The Morgan fingerprint density at radius 1 is 1.44 bits per heavy atom. The Balaban J connectivity index is 4.01. The quantitative estimate of drug-likeness (QED) is 0.294. The van der Waals surface area contributed by atoms with Gasteiger partial charge in [0.1, 0.15) is 5.78 Å². The van der Waals surface area contributed by atoms with E-state index in [2.05, 4.69) is 5.32 Å². The van der Waals surface area contributed by atoms with Crippen molar-refractivity contribution in [1.29, 1.82) is 0 Å². The smallest absolute Gasteiger partial charge is 0.341 e. The van der Waals surface area contributed by atoms with E-state index in [0.29, 0.717) is 13.0 Å². The minimum absolute atomic E-state index is 0.455. The van der Waals surface area contributed by atoms with Crippen LogP contribution in [-0.4, -0.2) is 34.1 Å². The summed E-state index contributed by atoms with van der Waals surface area (Å²) in [5.74, 6) is -1.76. The van der Waals surface area contributed by atoms with Crippen molar-refractivity contribution in [2.75, 3.05) is 6.54 Å². The van der Waals surface area contributed by atoms with Crippen molar-refractivity contribution < 1.29 is 19.1 Å². The first-order valence-electron chi connectivity index (χ1n) is 5.10. The Morgan fingerprint density at radius 2 is 2.00 bits per heavy atom. The molecule has 0 radical (unpaired) electrons. The maximum absolute atomic E-state index is 11.4. The van der Waals surface area contributed by atoms with Gasteiger partial charge in [-0.25, -0.2) is 0 Å². The van der Waals surface area contributed by atoms with E-state index in [1.54, 1.807) is 0 Å². The van der Waals surface area contributed by atoms with Crippen LogP contribution < -0.4 is 16.8 Å². The molecule has 7 nitrogen and oxygen atoms in total. The molecule has 16 heavy (non-hydrogen) atoms. The van der Waals surface area contributed by atoms with Crippen molar-refractivity contribution in [2.45, 2.75) is 38.0 Å². The van der Waals surface area contributed by atoms with Gasteiger partial charge in [0, 0.05) is 0 Å². The van der Waals surface area contributed by atoms with Gasteiger partial charge in [-0.2, -0.15) is 0 Å². The number of nitrogens with two attached hydrogens (primary N) is 2. The molecule has 0 aromatic rings. The highest BCUT2D eigenvalue weighted by atomic mass is 31.2. The number of carbonyl (C=O) groups is 1. The Kier molecular flexibility index (Phi) is 6.78. The Hall–Kier alpha value is -0.460. The van der Waals surface area contributed by atoms with Gasteiger partial charge in [0.05, 0.1) is 6.04 Å². The molecule has 0 rings (SSSR count). The topological polar surface area (TPSA) is 139 Å². The number of rotatable bonds is 7. The molecule has 8 heteroatoms. The molecule has 96 valence electrons. The molecule has 0 bridgehead atoms. The highest BCUT2D eigenvalue weighted by Gasteiger charge is 2.27. The van der Waals surface area contributed by atoms with Crippen molar-refractivity contribution in [2.24, 2.45) is 11.5 Å². The lowest BCUT2D eigenvalue weighted by atomic mass is 10.1. The van der Waals surface area contributed by atoms with Crippen LogP contribution in [0.4, 0.5) is 0 Å². The van der Waals surface area contributed by atoms with Gasteiger partial charge in [-0.05, 0) is 26.3 Å². The van der Waals surface area contributed by atoms with Gasteiger partial charge in [0.15, 0.2) is 0 Å². The van der Waals surface area contributed by atoms with Crippen LogP contribution in [0, 0.1) is 0 Å². The molecule has 7 N–H and O–H groups in total. The van der Waals surface area contributed by atoms with E-state index in [1.807, 2.05) is 0 Å². The first-order chi connectivity index (χ1) is 7.29. The molecule has 0 aliphatic rings. The van der Waals surface area contributed by atoms with E-state index in [4.69, 9.17) is 21.3 Å². The van der Waals surface area contributed by atoms with E-state index in [1.165, 1.54) is 6.92 Å². The fourth-order valence-electron chi connectivity index (χ4n) is 1.04.